The summed E-state index contributed by atoms with van der Waals surface area (Å²) in [6.07, 6.45) is 4.02. The number of nitrogens with two attached hydrogens (primary N) is 1. The van der Waals surface area contributed by atoms with Crippen molar-refractivity contribution in [1.29, 1.82) is 0 Å². The summed E-state index contributed by atoms with van der Waals surface area (Å²) in [6, 6.07) is 0.225. The minimum atomic E-state index is 0.149. The zero-order chi connectivity index (χ0) is 11.3. The normalized spacial score (nSPS) is 26.7. The fourth-order valence-electron chi connectivity index (χ4n) is 2.01. The predicted octanol–water partition coefficient (Wildman–Crippen LogP) is 0.182. The third-order valence-electron chi connectivity index (χ3n) is 2.94. The maximum atomic E-state index is 11.7. The average Bonchev–Trinajstić information content (AvgIpc) is 2.17. The van der Waals surface area contributed by atoms with Gasteiger partial charge in [-0.25, -0.2) is 0 Å². The molecule has 0 bridgehead atoms. The minimum absolute atomic E-state index is 0.149. The van der Waals surface area contributed by atoms with Crippen LogP contribution in [0.25, 0.3) is 0 Å². The second-order valence-corrected chi connectivity index (χ2v) is 4.72. The third-order valence-corrected chi connectivity index (χ3v) is 2.94. The van der Waals surface area contributed by atoms with Crippen molar-refractivity contribution in [2.75, 3.05) is 27.2 Å². The van der Waals surface area contributed by atoms with Gasteiger partial charge < -0.3 is 16.0 Å². The van der Waals surface area contributed by atoms with Gasteiger partial charge in [0.1, 0.15) is 0 Å². The van der Waals surface area contributed by atoms with Gasteiger partial charge in [-0.15, -0.1) is 0 Å². The van der Waals surface area contributed by atoms with Gasteiger partial charge in [-0.3, -0.25) is 4.79 Å². The third kappa shape index (κ3) is 4.62. The van der Waals surface area contributed by atoms with Crippen molar-refractivity contribution in [3.8, 4) is 0 Å². The SMILES string of the molecule is CN(C)CCNC(=O)C1CCCC(N)C1. The molecule has 0 aromatic carbocycles. The van der Waals surface area contributed by atoms with Crippen molar-refractivity contribution in [3.63, 3.8) is 0 Å². The highest BCUT2D eigenvalue weighted by Gasteiger charge is 2.24. The summed E-state index contributed by atoms with van der Waals surface area (Å²) < 4.78 is 0. The number of nitrogens with zero attached hydrogens (tertiary/aromatic N) is 1. The Morgan fingerprint density at radius 1 is 1.47 bits per heavy atom. The molecular formula is C11H23N3O. The molecule has 0 heterocycles. The van der Waals surface area contributed by atoms with Crippen LogP contribution >= 0.6 is 0 Å². The molecule has 3 N–H and O–H groups in total. The number of amides is 1. The zero-order valence-corrected chi connectivity index (χ0v) is 9.83. The van der Waals surface area contributed by atoms with Gasteiger partial charge in [0.15, 0.2) is 0 Å². The van der Waals surface area contributed by atoms with E-state index in [0.717, 1.165) is 38.8 Å². The van der Waals surface area contributed by atoms with E-state index in [1.54, 1.807) is 0 Å². The van der Waals surface area contributed by atoms with Crippen LogP contribution in [0.1, 0.15) is 25.7 Å². The number of carbonyl (C=O) groups is 1. The van der Waals surface area contributed by atoms with Crippen LogP contribution < -0.4 is 11.1 Å². The number of nitrogens with one attached hydrogen (secondary N) is 1. The van der Waals surface area contributed by atoms with Crippen LogP contribution in [0.4, 0.5) is 0 Å². The molecule has 1 aliphatic carbocycles. The Hall–Kier alpha value is -0.610. The number of likely N-dealkylation sites (N-methyl/N-ethyl adjacent to an activating group) is 1. The highest BCUT2D eigenvalue weighted by atomic mass is 16.1. The summed E-state index contributed by atoms with van der Waals surface area (Å²) >= 11 is 0. The zero-order valence-electron chi connectivity index (χ0n) is 9.83. The molecule has 0 saturated heterocycles. The van der Waals surface area contributed by atoms with E-state index in [2.05, 4.69) is 10.2 Å². The Morgan fingerprint density at radius 2 is 2.20 bits per heavy atom. The van der Waals surface area contributed by atoms with E-state index in [1.807, 2.05) is 14.1 Å². The molecule has 0 aromatic rings. The molecule has 2 atom stereocenters. The molecule has 1 amide bonds. The Morgan fingerprint density at radius 3 is 2.80 bits per heavy atom. The molecule has 15 heavy (non-hydrogen) atoms. The van der Waals surface area contributed by atoms with Gasteiger partial charge in [-0.1, -0.05) is 6.42 Å². The first kappa shape index (κ1) is 12.5. The lowest BCUT2D eigenvalue weighted by atomic mass is 9.85. The van der Waals surface area contributed by atoms with Gasteiger partial charge in [0.05, 0.1) is 0 Å². The van der Waals surface area contributed by atoms with Gasteiger partial charge in [0, 0.05) is 25.0 Å². The highest BCUT2D eigenvalue weighted by Crippen LogP contribution is 2.22. The number of hydrogen-bond acceptors (Lipinski definition) is 3. The Bertz CT molecular complexity index is 206. The van der Waals surface area contributed by atoms with Crippen molar-refractivity contribution in [2.45, 2.75) is 31.7 Å². The van der Waals surface area contributed by atoms with Gasteiger partial charge in [-0.05, 0) is 33.4 Å². The first-order valence-electron chi connectivity index (χ1n) is 5.77. The molecule has 88 valence electrons. The average molecular weight is 213 g/mol. The molecule has 2 unspecified atom stereocenters. The molecule has 4 nitrogen and oxygen atoms in total. The Labute approximate surface area is 92.2 Å². The minimum Gasteiger partial charge on any atom is -0.355 e. The van der Waals surface area contributed by atoms with Gasteiger partial charge in [0.25, 0.3) is 0 Å². The Balaban J connectivity index is 2.21. The lowest BCUT2D eigenvalue weighted by Gasteiger charge is -2.25. The fraction of sp³-hybridized carbons (Fsp3) is 0.909. The molecule has 0 spiro atoms. The van der Waals surface area contributed by atoms with E-state index in [4.69, 9.17) is 5.73 Å². The number of carbonyl (C=O) groups excluding carboxylic acids is 1. The fourth-order valence-corrected chi connectivity index (χ4v) is 2.01. The monoisotopic (exact) mass is 213 g/mol. The summed E-state index contributed by atoms with van der Waals surface area (Å²) in [5.41, 5.74) is 5.85. The van der Waals surface area contributed by atoms with E-state index in [9.17, 15) is 4.79 Å². The van der Waals surface area contributed by atoms with Crippen molar-refractivity contribution in [1.82, 2.24) is 10.2 Å². The standard InChI is InChI=1S/C11H23N3O/c1-14(2)7-6-13-11(15)9-4-3-5-10(12)8-9/h9-10H,3-8,12H2,1-2H3,(H,13,15). The quantitative estimate of drug-likeness (QED) is 0.700. The number of rotatable bonds is 4. The summed E-state index contributed by atoms with van der Waals surface area (Å²) in [4.78, 5) is 13.8. The smallest absolute Gasteiger partial charge is 0.223 e. The molecule has 4 heteroatoms. The summed E-state index contributed by atoms with van der Waals surface area (Å²) in [7, 11) is 4.01. The summed E-state index contributed by atoms with van der Waals surface area (Å²) in [6.45, 7) is 1.63. The van der Waals surface area contributed by atoms with Crippen LogP contribution in [0.15, 0.2) is 0 Å². The van der Waals surface area contributed by atoms with E-state index < -0.39 is 0 Å². The van der Waals surface area contributed by atoms with E-state index in [1.165, 1.54) is 0 Å². The van der Waals surface area contributed by atoms with Gasteiger partial charge in [0.2, 0.25) is 5.91 Å². The first-order chi connectivity index (χ1) is 7.09. The van der Waals surface area contributed by atoms with Crippen LogP contribution in [-0.2, 0) is 4.79 Å². The molecule has 1 aliphatic rings. The highest BCUT2D eigenvalue weighted by molar-refractivity contribution is 5.78. The van der Waals surface area contributed by atoms with E-state index >= 15 is 0 Å². The lowest BCUT2D eigenvalue weighted by Crippen LogP contribution is -2.39. The van der Waals surface area contributed by atoms with Crippen LogP contribution in [0.2, 0.25) is 0 Å². The molecular weight excluding hydrogens is 190 g/mol. The second-order valence-electron chi connectivity index (χ2n) is 4.72. The van der Waals surface area contributed by atoms with Crippen molar-refractivity contribution >= 4 is 5.91 Å². The van der Waals surface area contributed by atoms with E-state index in [-0.39, 0.29) is 17.9 Å². The van der Waals surface area contributed by atoms with Gasteiger partial charge in [-0.2, -0.15) is 0 Å². The summed E-state index contributed by atoms with van der Waals surface area (Å²) in [5.74, 6) is 0.336. The Kier molecular flexibility index (Phi) is 5.05. The van der Waals surface area contributed by atoms with Crippen molar-refractivity contribution in [2.24, 2.45) is 11.7 Å². The second kappa shape index (κ2) is 6.08. The summed E-state index contributed by atoms with van der Waals surface area (Å²) in [5, 5.41) is 2.97. The van der Waals surface area contributed by atoms with Crippen LogP contribution in [0.5, 0.6) is 0 Å². The van der Waals surface area contributed by atoms with E-state index in [0.29, 0.717) is 0 Å². The molecule has 1 saturated carbocycles. The largest absolute Gasteiger partial charge is 0.355 e. The maximum absolute atomic E-state index is 11.7. The van der Waals surface area contributed by atoms with Crippen LogP contribution in [0, 0.1) is 5.92 Å². The molecule has 1 rings (SSSR count). The molecule has 0 aromatic heterocycles. The van der Waals surface area contributed by atoms with Gasteiger partial charge >= 0.3 is 0 Å². The first-order valence-corrected chi connectivity index (χ1v) is 5.77. The lowest BCUT2D eigenvalue weighted by molar-refractivity contribution is -0.126. The van der Waals surface area contributed by atoms with Crippen LogP contribution in [-0.4, -0.2) is 44.0 Å². The topological polar surface area (TPSA) is 58.4 Å². The van der Waals surface area contributed by atoms with Crippen molar-refractivity contribution < 1.29 is 4.79 Å². The molecule has 1 fully saturated rings. The predicted molar refractivity (Wildman–Crippen MR) is 61.5 cm³/mol. The number of hydrogen-bond donors (Lipinski definition) is 2. The maximum Gasteiger partial charge on any atom is 0.223 e. The van der Waals surface area contributed by atoms with Crippen LogP contribution in [0.3, 0.4) is 0 Å². The van der Waals surface area contributed by atoms with Crippen molar-refractivity contribution in [3.05, 3.63) is 0 Å². The molecule has 0 aliphatic heterocycles. The molecule has 0 radical (unpaired) electrons.